The van der Waals surface area contributed by atoms with Crippen molar-refractivity contribution in [3.8, 4) is 0 Å². The summed E-state index contributed by atoms with van der Waals surface area (Å²) in [5.74, 6) is -0.851. The number of hydrogen-bond donors (Lipinski definition) is 2. The standard InChI is InChI=1S/C28H31N3O3/c1-4-17(2)19-14-23-28(15-22(26(29)32)31(23)16-18-10-6-5-7-11-18)20-12-8-9-13-21(20)30-25(28)24(19)27(33)34-3/h5-13,19,22-23,30H,2,4,14-16H2,1,3H3,(H2,29,32)/t19-,22-,23-,28+/m0/s1. The van der Waals surface area contributed by atoms with E-state index in [1.54, 1.807) is 0 Å². The number of carbonyl (C=O) groups excluding carboxylic acids is 2. The number of fused-ring (bicyclic) bond motifs is 1. The fourth-order valence-electron chi connectivity index (χ4n) is 6.39. The molecule has 0 aromatic heterocycles. The monoisotopic (exact) mass is 457 g/mol. The Balaban J connectivity index is 1.74. The van der Waals surface area contributed by atoms with Crippen LogP contribution in [0.2, 0.25) is 0 Å². The number of carbonyl (C=O) groups is 2. The molecule has 176 valence electrons. The van der Waals surface area contributed by atoms with E-state index in [-0.39, 0.29) is 23.8 Å². The van der Waals surface area contributed by atoms with E-state index in [0.717, 1.165) is 34.5 Å². The van der Waals surface area contributed by atoms with Crippen LogP contribution in [0.25, 0.3) is 0 Å². The summed E-state index contributed by atoms with van der Waals surface area (Å²) in [6.07, 6.45) is 1.95. The van der Waals surface area contributed by atoms with Gasteiger partial charge in [0.2, 0.25) is 5.91 Å². The third-order valence-electron chi connectivity index (χ3n) is 7.96. The average molecular weight is 458 g/mol. The van der Waals surface area contributed by atoms with Crippen LogP contribution >= 0.6 is 0 Å². The quantitative estimate of drug-likeness (QED) is 0.508. The zero-order chi connectivity index (χ0) is 24.0. The summed E-state index contributed by atoms with van der Waals surface area (Å²) >= 11 is 0. The number of ether oxygens (including phenoxy) is 1. The number of anilines is 1. The molecular formula is C28H31N3O3. The Morgan fingerprint density at radius 3 is 2.56 bits per heavy atom. The molecular weight excluding hydrogens is 426 g/mol. The number of methoxy groups -OCH3 is 1. The van der Waals surface area contributed by atoms with Crippen molar-refractivity contribution < 1.29 is 14.3 Å². The number of nitrogens with two attached hydrogens (primary N) is 1. The Bertz CT molecular complexity index is 1190. The molecule has 6 nitrogen and oxygen atoms in total. The van der Waals surface area contributed by atoms with E-state index in [1.807, 2.05) is 36.4 Å². The van der Waals surface area contributed by atoms with Gasteiger partial charge in [-0.05, 0) is 36.5 Å². The molecule has 1 saturated heterocycles. The Labute approximate surface area is 200 Å². The highest BCUT2D eigenvalue weighted by Crippen LogP contribution is 2.61. The first-order valence-corrected chi connectivity index (χ1v) is 11.9. The lowest BCUT2D eigenvalue weighted by Gasteiger charge is -2.44. The van der Waals surface area contributed by atoms with Gasteiger partial charge in [0.1, 0.15) is 0 Å². The van der Waals surface area contributed by atoms with E-state index >= 15 is 0 Å². The summed E-state index contributed by atoms with van der Waals surface area (Å²) < 4.78 is 5.28. The van der Waals surface area contributed by atoms with Crippen molar-refractivity contribution in [1.29, 1.82) is 0 Å². The molecule has 1 fully saturated rings. The molecule has 0 saturated carbocycles. The number of likely N-dealkylation sites (tertiary alicyclic amines) is 1. The minimum atomic E-state index is -0.543. The van der Waals surface area contributed by atoms with E-state index < -0.39 is 11.5 Å². The predicted octanol–water partition coefficient (Wildman–Crippen LogP) is 3.89. The van der Waals surface area contributed by atoms with Crippen molar-refractivity contribution in [3.05, 3.63) is 89.1 Å². The zero-order valence-electron chi connectivity index (χ0n) is 19.7. The molecule has 5 rings (SSSR count). The average Bonchev–Trinajstić information content (AvgIpc) is 3.36. The summed E-state index contributed by atoms with van der Waals surface area (Å²) in [7, 11) is 1.42. The molecule has 0 radical (unpaired) electrons. The molecule has 3 aliphatic rings. The summed E-state index contributed by atoms with van der Waals surface area (Å²) in [5, 5.41) is 3.58. The second kappa shape index (κ2) is 8.44. The highest BCUT2D eigenvalue weighted by Gasteiger charge is 2.63. The number of nitrogens with zero attached hydrogens (tertiary/aromatic N) is 1. The zero-order valence-corrected chi connectivity index (χ0v) is 19.7. The van der Waals surface area contributed by atoms with Gasteiger partial charge in [-0.1, -0.05) is 67.6 Å². The van der Waals surface area contributed by atoms with Gasteiger partial charge in [-0.3, -0.25) is 9.69 Å². The number of esters is 1. The number of hydrogen-bond acceptors (Lipinski definition) is 5. The smallest absolute Gasteiger partial charge is 0.336 e. The molecule has 2 aromatic rings. The maximum Gasteiger partial charge on any atom is 0.336 e. The Hall–Kier alpha value is -3.38. The molecule has 0 bridgehead atoms. The van der Waals surface area contributed by atoms with Crippen LogP contribution in [0.3, 0.4) is 0 Å². The minimum Gasteiger partial charge on any atom is -0.466 e. The Kier molecular flexibility index (Phi) is 5.56. The molecule has 2 aromatic carbocycles. The first kappa shape index (κ1) is 22.4. The van der Waals surface area contributed by atoms with Crippen molar-refractivity contribution in [3.63, 3.8) is 0 Å². The third-order valence-corrected chi connectivity index (χ3v) is 7.96. The largest absolute Gasteiger partial charge is 0.466 e. The van der Waals surface area contributed by atoms with Crippen LogP contribution in [0.4, 0.5) is 5.69 Å². The first-order valence-electron chi connectivity index (χ1n) is 11.9. The Morgan fingerprint density at radius 2 is 1.88 bits per heavy atom. The number of benzene rings is 2. The number of primary amides is 1. The van der Waals surface area contributed by atoms with E-state index in [9.17, 15) is 9.59 Å². The second-order valence-corrected chi connectivity index (χ2v) is 9.52. The van der Waals surface area contributed by atoms with Crippen LogP contribution < -0.4 is 11.1 Å². The highest BCUT2D eigenvalue weighted by atomic mass is 16.5. The van der Waals surface area contributed by atoms with E-state index in [0.29, 0.717) is 25.0 Å². The van der Waals surface area contributed by atoms with Gasteiger partial charge < -0.3 is 15.8 Å². The van der Waals surface area contributed by atoms with Crippen molar-refractivity contribution in [2.45, 2.75) is 50.2 Å². The van der Waals surface area contributed by atoms with E-state index in [2.05, 4.69) is 41.9 Å². The summed E-state index contributed by atoms with van der Waals surface area (Å²) in [4.78, 5) is 28.3. The maximum atomic E-state index is 13.2. The minimum absolute atomic E-state index is 0.0296. The van der Waals surface area contributed by atoms with Crippen molar-refractivity contribution in [1.82, 2.24) is 4.90 Å². The lowest BCUT2D eigenvalue weighted by molar-refractivity contribution is -0.137. The lowest BCUT2D eigenvalue weighted by atomic mass is 9.62. The highest BCUT2D eigenvalue weighted by molar-refractivity contribution is 5.94. The molecule has 2 aliphatic heterocycles. The van der Waals surface area contributed by atoms with Crippen LogP contribution in [0, 0.1) is 5.92 Å². The number of para-hydroxylation sites is 1. The van der Waals surface area contributed by atoms with Crippen molar-refractivity contribution >= 4 is 17.6 Å². The second-order valence-electron chi connectivity index (χ2n) is 9.52. The number of allylic oxidation sites excluding steroid dienone is 1. The molecule has 1 spiro atoms. The summed E-state index contributed by atoms with van der Waals surface area (Å²) in [6.45, 7) is 6.99. The van der Waals surface area contributed by atoms with Gasteiger partial charge in [-0.25, -0.2) is 4.79 Å². The molecule has 0 unspecified atom stereocenters. The van der Waals surface area contributed by atoms with Gasteiger partial charge in [-0.2, -0.15) is 0 Å². The fraction of sp³-hybridized carbons (Fsp3) is 0.357. The summed E-state index contributed by atoms with van der Waals surface area (Å²) in [6, 6.07) is 17.8. The van der Waals surface area contributed by atoms with Gasteiger partial charge in [0.05, 0.1) is 24.1 Å². The normalized spacial score (nSPS) is 27.4. The number of amides is 1. The Morgan fingerprint density at radius 1 is 1.18 bits per heavy atom. The first-order chi connectivity index (χ1) is 16.4. The van der Waals surface area contributed by atoms with Gasteiger partial charge in [0.15, 0.2) is 0 Å². The molecule has 6 heteroatoms. The van der Waals surface area contributed by atoms with Crippen molar-refractivity contribution in [2.75, 3.05) is 12.4 Å². The van der Waals surface area contributed by atoms with Crippen LogP contribution in [0.5, 0.6) is 0 Å². The van der Waals surface area contributed by atoms with Crippen LogP contribution in [-0.4, -0.2) is 36.0 Å². The SMILES string of the molecule is C=C(CC)[C@@H]1C[C@@H]2N(Cc3ccccc3)[C@H](C(N)=O)C[C@]23C(=C1C(=O)OC)Nc1ccccc13. The van der Waals surface area contributed by atoms with E-state index in [4.69, 9.17) is 10.5 Å². The topological polar surface area (TPSA) is 84.7 Å². The van der Waals surface area contributed by atoms with E-state index in [1.165, 1.54) is 7.11 Å². The van der Waals surface area contributed by atoms with Gasteiger partial charge in [0.25, 0.3) is 0 Å². The van der Waals surface area contributed by atoms with Crippen LogP contribution in [-0.2, 0) is 26.3 Å². The lowest BCUT2D eigenvalue weighted by Crippen LogP contribution is -2.50. The predicted molar refractivity (Wildman–Crippen MR) is 132 cm³/mol. The molecule has 4 atom stereocenters. The molecule has 34 heavy (non-hydrogen) atoms. The summed E-state index contributed by atoms with van der Waals surface area (Å²) in [5.41, 5.74) is 11.1. The van der Waals surface area contributed by atoms with Gasteiger partial charge in [-0.15, -0.1) is 0 Å². The van der Waals surface area contributed by atoms with Crippen LogP contribution in [0.15, 0.2) is 78.0 Å². The number of nitrogens with one attached hydrogen (secondary N) is 1. The number of rotatable bonds is 6. The van der Waals surface area contributed by atoms with Gasteiger partial charge in [0, 0.05) is 29.9 Å². The van der Waals surface area contributed by atoms with Crippen LogP contribution in [0.1, 0.15) is 37.3 Å². The van der Waals surface area contributed by atoms with Crippen molar-refractivity contribution in [2.24, 2.45) is 11.7 Å². The molecule has 3 N–H and O–H groups in total. The fourth-order valence-corrected chi connectivity index (χ4v) is 6.39. The van der Waals surface area contributed by atoms with Gasteiger partial charge >= 0.3 is 5.97 Å². The molecule has 2 heterocycles. The third kappa shape index (κ3) is 3.20. The molecule has 1 amide bonds. The molecule has 1 aliphatic carbocycles. The maximum absolute atomic E-state index is 13.2.